The Labute approximate surface area is 115 Å². The van der Waals surface area contributed by atoms with Crippen LogP contribution < -0.4 is 4.74 Å². The van der Waals surface area contributed by atoms with Gasteiger partial charge in [-0.1, -0.05) is 17.7 Å². The molecule has 0 fully saturated rings. The number of hydrogen-bond acceptors (Lipinski definition) is 1. The van der Waals surface area contributed by atoms with E-state index in [1.165, 1.54) is 6.07 Å². The molecule has 1 nitrogen and oxygen atoms in total. The average Bonchev–Trinajstić information content (AvgIpc) is 2.38. The third kappa shape index (κ3) is 2.85. The molecule has 20 heavy (non-hydrogen) atoms. The van der Waals surface area contributed by atoms with Crippen LogP contribution >= 0.6 is 11.6 Å². The molecule has 0 N–H and O–H groups in total. The largest absolute Gasteiger partial charge is 0.483 e. The summed E-state index contributed by atoms with van der Waals surface area (Å²) in [5.74, 6) is -8.26. The predicted molar refractivity (Wildman–Crippen MR) is 62.0 cm³/mol. The highest BCUT2D eigenvalue weighted by Crippen LogP contribution is 2.28. The van der Waals surface area contributed by atoms with Crippen LogP contribution in [0.5, 0.6) is 5.75 Å². The molecule has 0 saturated heterocycles. The normalized spacial score (nSPS) is 10.7. The molecule has 0 saturated carbocycles. The second-order valence-corrected chi connectivity index (χ2v) is 4.23. The van der Waals surface area contributed by atoms with E-state index < -0.39 is 41.4 Å². The summed E-state index contributed by atoms with van der Waals surface area (Å²) in [5, 5.41) is -0.0392. The molecule has 0 amide bonds. The van der Waals surface area contributed by atoms with E-state index in [-0.39, 0.29) is 16.7 Å². The highest BCUT2D eigenvalue weighted by atomic mass is 35.5. The van der Waals surface area contributed by atoms with Gasteiger partial charge in [0.2, 0.25) is 11.6 Å². The van der Waals surface area contributed by atoms with Crippen molar-refractivity contribution < 1.29 is 26.7 Å². The van der Waals surface area contributed by atoms with Gasteiger partial charge in [0.25, 0.3) is 0 Å². The van der Waals surface area contributed by atoms with Crippen molar-refractivity contribution in [3.8, 4) is 5.75 Å². The molecule has 7 heteroatoms. The Balaban J connectivity index is 2.27. The van der Waals surface area contributed by atoms with Crippen LogP contribution in [0.2, 0.25) is 5.02 Å². The van der Waals surface area contributed by atoms with Gasteiger partial charge in [-0.25, -0.2) is 13.2 Å². The monoisotopic (exact) mass is 308 g/mol. The fraction of sp³-hybridized carbons (Fsp3) is 0.0769. The maximum absolute atomic E-state index is 13.3. The van der Waals surface area contributed by atoms with Gasteiger partial charge in [0.15, 0.2) is 17.4 Å². The summed E-state index contributed by atoms with van der Waals surface area (Å²) in [7, 11) is 0. The Bertz CT molecular complexity index is 633. The third-order valence-corrected chi connectivity index (χ3v) is 2.81. The van der Waals surface area contributed by atoms with E-state index in [1.807, 2.05) is 0 Å². The number of benzene rings is 2. The van der Waals surface area contributed by atoms with Crippen LogP contribution in [-0.4, -0.2) is 0 Å². The van der Waals surface area contributed by atoms with Gasteiger partial charge in [-0.2, -0.15) is 8.78 Å². The summed E-state index contributed by atoms with van der Waals surface area (Å²) in [4.78, 5) is 0. The van der Waals surface area contributed by atoms with E-state index in [1.54, 1.807) is 0 Å². The first-order chi connectivity index (χ1) is 9.40. The number of rotatable bonds is 3. The molecule has 0 aliphatic rings. The molecule has 0 aliphatic heterocycles. The summed E-state index contributed by atoms with van der Waals surface area (Å²) < 4.78 is 70.0. The number of ether oxygens (including phenoxy) is 1. The van der Waals surface area contributed by atoms with Crippen LogP contribution in [0.25, 0.3) is 0 Å². The Morgan fingerprint density at radius 1 is 0.900 bits per heavy atom. The highest BCUT2D eigenvalue weighted by molar-refractivity contribution is 6.31. The zero-order chi connectivity index (χ0) is 14.9. The quantitative estimate of drug-likeness (QED) is 0.594. The van der Waals surface area contributed by atoms with Crippen molar-refractivity contribution in [2.45, 2.75) is 6.61 Å². The summed E-state index contributed by atoms with van der Waals surface area (Å²) in [6.07, 6.45) is 0. The Morgan fingerprint density at radius 2 is 1.50 bits per heavy atom. The molecule has 0 bridgehead atoms. The van der Waals surface area contributed by atoms with Crippen molar-refractivity contribution in [2.75, 3.05) is 0 Å². The summed E-state index contributed by atoms with van der Waals surface area (Å²) in [6.45, 7) is -0.476. The molecule has 2 rings (SSSR count). The first-order valence-corrected chi connectivity index (χ1v) is 5.67. The summed E-state index contributed by atoms with van der Waals surface area (Å²) in [6, 6.07) is 3.33. The third-order valence-electron chi connectivity index (χ3n) is 2.46. The van der Waals surface area contributed by atoms with Crippen molar-refractivity contribution in [3.63, 3.8) is 0 Å². The molecule has 2 aromatic rings. The van der Waals surface area contributed by atoms with E-state index in [0.717, 1.165) is 12.1 Å². The summed E-state index contributed by atoms with van der Waals surface area (Å²) in [5.41, 5.74) is 0.205. The Morgan fingerprint density at radius 3 is 2.05 bits per heavy atom. The fourth-order valence-corrected chi connectivity index (χ4v) is 1.69. The highest BCUT2D eigenvalue weighted by Gasteiger charge is 2.20. The molecule has 106 valence electrons. The molecular weight excluding hydrogens is 303 g/mol. The fourth-order valence-electron chi connectivity index (χ4n) is 1.47. The molecule has 0 atom stereocenters. The second kappa shape index (κ2) is 5.66. The van der Waals surface area contributed by atoms with Crippen molar-refractivity contribution in [3.05, 3.63) is 63.9 Å². The van der Waals surface area contributed by atoms with Crippen LogP contribution in [0.1, 0.15) is 5.56 Å². The molecule has 0 heterocycles. The van der Waals surface area contributed by atoms with Crippen LogP contribution in [0.15, 0.2) is 24.3 Å². The van der Waals surface area contributed by atoms with Crippen LogP contribution in [-0.2, 0) is 6.61 Å². The maximum Gasteiger partial charge on any atom is 0.203 e. The van der Waals surface area contributed by atoms with E-state index in [2.05, 4.69) is 0 Å². The molecule has 0 aliphatic carbocycles. The lowest BCUT2D eigenvalue weighted by molar-refractivity contribution is 0.261. The van der Waals surface area contributed by atoms with Crippen LogP contribution in [0.4, 0.5) is 22.0 Å². The molecule has 0 aromatic heterocycles. The number of hydrogen-bond donors (Lipinski definition) is 0. The van der Waals surface area contributed by atoms with E-state index in [9.17, 15) is 22.0 Å². The van der Waals surface area contributed by atoms with Gasteiger partial charge in [0.1, 0.15) is 12.4 Å². The SMILES string of the molecule is Fc1ccc(COc2c(F)c(F)cc(F)c2F)c(Cl)c1. The topological polar surface area (TPSA) is 9.23 Å². The molecule has 0 unspecified atom stereocenters. The van der Waals surface area contributed by atoms with Crippen LogP contribution in [0.3, 0.4) is 0 Å². The Kier molecular flexibility index (Phi) is 4.13. The van der Waals surface area contributed by atoms with E-state index >= 15 is 0 Å². The first kappa shape index (κ1) is 14.6. The molecule has 0 radical (unpaired) electrons. The summed E-state index contributed by atoms with van der Waals surface area (Å²) >= 11 is 5.68. The van der Waals surface area contributed by atoms with Crippen molar-refractivity contribution in [1.29, 1.82) is 0 Å². The first-order valence-electron chi connectivity index (χ1n) is 5.30. The lowest BCUT2D eigenvalue weighted by atomic mass is 10.2. The predicted octanol–water partition coefficient (Wildman–Crippen LogP) is 4.61. The lowest BCUT2D eigenvalue weighted by Crippen LogP contribution is -2.04. The minimum Gasteiger partial charge on any atom is -0.483 e. The maximum atomic E-state index is 13.3. The van der Waals surface area contributed by atoms with Gasteiger partial charge in [-0.05, 0) is 12.1 Å². The average molecular weight is 309 g/mol. The van der Waals surface area contributed by atoms with Gasteiger partial charge >= 0.3 is 0 Å². The minimum atomic E-state index is -1.65. The molecule has 2 aromatic carbocycles. The van der Waals surface area contributed by atoms with Gasteiger partial charge in [0, 0.05) is 11.6 Å². The van der Waals surface area contributed by atoms with Gasteiger partial charge < -0.3 is 4.74 Å². The second-order valence-electron chi connectivity index (χ2n) is 3.82. The smallest absolute Gasteiger partial charge is 0.203 e. The van der Waals surface area contributed by atoms with Crippen molar-refractivity contribution >= 4 is 11.6 Å². The van der Waals surface area contributed by atoms with E-state index in [0.29, 0.717) is 0 Å². The zero-order valence-electron chi connectivity index (χ0n) is 9.69. The van der Waals surface area contributed by atoms with Crippen molar-refractivity contribution in [2.24, 2.45) is 0 Å². The standard InChI is InChI=1S/C13H6ClF5O/c14-8-3-7(15)2-1-6(8)5-20-13-11(18)9(16)4-10(17)12(13)19/h1-4H,5H2. The van der Waals surface area contributed by atoms with Crippen LogP contribution in [0, 0.1) is 29.1 Å². The zero-order valence-corrected chi connectivity index (χ0v) is 10.4. The minimum absolute atomic E-state index is 0.0392. The van der Waals surface area contributed by atoms with E-state index in [4.69, 9.17) is 16.3 Å². The van der Waals surface area contributed by atoms with Gasteiger partial charge in [0.05, 0.1) is 5.02 Å². The van der Waals surface area contributed by atoms with Gasteiger partial charge in [-0.15, -0.1) is 0 Å². The molecular formula is C13H6ClF5O. The Hall–Kier alpha value is -1.82. The molecule has 0 spiro atoms. The van der Waals surface area contributed by atoms with Crippen molar-refractivity contribution in [1.82, 2.24) is 0 Å². The number of halogens is 6. The van der Waals surface area contributed by atoms with Gasteiger partial charge in [-0.3, -0.25) is 0 Å². The lowest BCUT2D eigenvalue weighted by Gasteiger charge is -2.10.